The number of urea groups is 1. The molecule has 2 amide bonds. The summed E-state index contributed by atoms with van der Waals surface area (Å²) in [5.41, 5.74) is 6.75. The lowest BCUT2D eigenvalue weighted by Gasteiger charge is -2.54. The molecule has 3 N–H and O–H groups in total. The van der Waals surface area contributed by atoms with Crippen LogP contribution in [0.2, 0.25) is 0 Å². The first-order chi connectivity index (χ1) is 11.7. The van der Waals surface area contributed by atoms with Crippen LogP contribution in [0, 0.1) is 17.2 Å². The van der Waals surface area contributed by atoms with Crippen LogP contribution in [0.5, 0.6) is 0 Å². The van der Waals surface area contributed by atoms with Crippen molar-refractivity contribution in [3.8, 4) is 6.07 Å². The second-order valence-corrected chi connectivity index (χ2v) is 6.60. The van der Waals surface area contributed by atoms with Gasteiger partial charge >= 0.3 is 6.03 Å². The van der Waals surface area contributed by atoms with Crippen molar-refractivity contribution < 1.29 is 4.79 Å². The highest BCUT2D eigenvalue weighted by Crippen LogP contribution is 2.41. The maximum atomic E-state index is 12.6. The zero-order valence-corrected chi connectivity index (χ0v) is 13.4. The summed E-state index contributed by atoms with van der Waals surface area (Å²) < 4.78 is 0. The number of carbonyl (C=O) groups is 1. The van der Waals surface area contributed by atoms with Crippen LogP contribution in [0.15, 0.2) is 24.7 Å². The molecule has 1 saturated carbocycles. The lowest BCUT2D eigenvalue weighted by atomic mass is 9.74. The monoisotopic (exact) mass is 325 g/mol. The predicted octanol–water partition coefficient (Wildman–Crippen LogP) is 1.66. The maximum absolute atomic E-state index is 12.6. The van der Waals surface area contributed by atoms with Crippen LogP contribution in [0.25, 0.3) is 0 Å². The second-order valence-electron chi connectivity index (χ2n) is 6.60. The Hall–Kier alpha value is -2.79. The average Bonchev–Trinajstić information content (AvgIpc) is 3.08. The van der Waals surface area contributed by atoms with Crippen molar-refractivity contribution in [3.63, 3.8) is 0 Å². The molecule has 2 saturated heterocycles. The van der Waals surface area contributed by atoms with Gasteiger partial charge in [0.2, 0.25) is 0 Å². The Morgan fingerprint density at radius 2 is 2.21 bits per heavy atom. The van der Waals surface area contributed by atoms with Crippen molar-refractivity contribution in [2.24, 2.45) is 5.92 Å². The molecule has 2 bridgehead atoms. The number of nitrogens with zero attached hydrogens (tertiary/aromatic N) is 4. The molecule has 0 spiro atoms. The fourth-order valence-electron chi connectivity index (χ4n) is 3.85. The lowest BCUT2D eigenvalue weighted by molar-refractivity contribution is -0.00603. The van der Waals surface area contributed by atoms with E-state index in [0.717, 1.165) is 19.3 Å². The average molecular weight is 325 g/mol. The van der Waals surface area contributed by atoms with Gasteiger partial charge in [-0.15, -0.1) is 5.53 Å². The number of carbonyl (C=O) groups excluding carboxylic acids is 1. The van der Waals surface area contributed by atoms with E-state index in [0.29, 0.717) is 35.1 Å². The topological polar surface area (TPSA) is 96.3 Å². The molecule has 3 aliphatic heterocycles. The number of nitriles is 1. The van der Waals surface area contributed by atoms with Crippen LogP contribution in [-0.2, 0) is 0 Å². The molecule has 3 fully saturated rings. The number of anilines is 2. The van der Waals surface area contributed by atoms with E-state index in [1.165, 1.54) is 6.20 Å². The summed E-state index contributed by atoms with van der Waals surface area (Å²) in [5.74, 6) is 1.13. The summed E-state index contributed by atoms with van der Waals surface area (Å²) in [6, 6.07) is 4.40. The first-order valence-electron chi connectivity index (χ1n) is 8.12. The number of piperidine rings is 1. The minimum Gasteiger partial charge on any atom is -0.318 e. The Morgan fingerprint density at radius 1 is 1.42 bits per heavy atom. The Kier molecular flexibility index (Phi) is 3.50. The van der Waals surface area contributed by atoms with Gasteiger partial charge in [-0.05, 0) is 25.2 Å². The van der Waals surface area contributed by atoms with E-state index in [9.17, 15) is 10.1 Å². The van der Waals surface area contributed by atoms with Crippen LogP contribution >= 0.6 is 0 Å². The van der Waals surface area contributed by atoms with Crippen molar-refractivity contribution in [3.05, 3.63) is 30.2 Å². The van der Waals surface area contributed by atoms with Gasteiger partial charge in [0.05, 0.1) is 11.3 Å². The van der Waals surface area contributed by atoms with Crippen LogP contribution in [0.4, 0.5) is 16.3 Å². The number of hydrazine groups is 2. The molecule has 5 rings (SSSR count). The van der Waals surface area contributed by atoms with Crippen molar-refractivity contribution in [1.29, 1.82) is 5.26 Å². The standard InChI is InChI=1S/C16H19N7O/c1-10-4-12-6-13(5-10)23(12)16(24)20-15-7-14(11(8-17)9-18-15)22-3-2-19-21-22/h2-3,7,9-10,12-13,19,21H,4-6H2,1H3,(H,18,20,24). The minimum absolute atomic E-state index is 0.102. The molecule has 1 aromatic rings. The third-order valence-corrected chi connectivity index (χ3v) is 4.90. The van der Waals surface area contributed by atoms with E-state index in [1.807, 2.05) is 4.90 Å². The third-order valence-electron chi connectivity index (χ3n) is 4.90. The van der Waals surface area contributed by atoms with E-state index in [2.05, 4.69) is 34.3 Å². The van der Waals surface area contributed by atoms with E-state index in [1.54, 1.807) is 23.5 Å². The Morgan fingerprint density at radius 3 is 2.88 bits per heavy atom. The SMILES string of the molecule is CC1CC2CC(C1)N2C(=O)Nc1cc(N2C=CNN2)c(C#N)cn1. The molecule has 2 unspecified atom stereocenters. The van der Waals surface area contributed by atoms with Gasteiger partial charge in [0, 0.05) is 36.7 Å². The fraction of sp³-hybridized carbons (Fsp3) is 0.438. The van der Waals surface area contributed by atoms with Crippen molar-refractivity contribution in [2.75, 3.05) is 10.3 Å². The molecule has 24 heavy (non-hydrogen) atoms. The first kappa shape index (κ1) is 14.8. The number of aromatic nitrogens is 1. The molecular formula is C16H19N7O. The van der Waals surface area contributed by atoms with Gasteiger partial charge in [0.15, 0.2) is 0 Å². The molecule has 1 aromatic heterocycles. The van der Waals surface area contributed by atoms with Crippen molar-refractivity contribution in [1.82, 2.24) is 20.8 Å². The van der Waals surface area contributed by atoms with Gasteiger partial charge < -0.3 is 10.3 Å². The summed E-state index contributed by atoms with van der Waals surface area (Å²) in [6.07, 6.45) is 8.19. The van der Waals surface area contributed by atoms with Crippen molar-refractivity contribution >= 4 is 17.5 Å². The van der Waals surface area contributed by atoms with Gasteiger partial charge in [-0.1, -0.05) is 6.92 Å². The Balaban J connectivity index is 1.51. The van der Waals surface area contributed by atoms with Crippen LogP contribution in [0.1, 0.15) is 31.7 Å². The molecule has 124 valence electrons. The van der Waals surface area contributed by atoms with Crippen LogP contribution < -0.4 is 21.3 Å². The predicted molar refractivity (Wildman–Crippen MR) is 88.3 cm³/mol. The van der Waals surface area contributed by atoms with Gasteiger partial charge in [0.1, 0.15) is 11.9 Å². The highest BCUT2D eigenvalue weighted by atomic mass is 16.2. The van der Waals surface area contributed by atoms with Gasteiger partial charge in [-0.25, -0.2) is 9.78 Å². The number of amides is 2. The molecule has 8 heteroatoms. The Bertz CT molecular complexity index is 728. The summed E-state index contributed by atoms with van der Waals surface area (Å²) in [7, 11) is 0. The molecule has 8 nitrogen and oxygen atoms in total. The molecule has 2 atom stereocenters. The number of fused-ring (bicyclic) bond motifs is 2. The van der Waals surface area contributed by atoms with Crippen LogP contribution in [0.3, 0.4) is 0 Å². The van der Waals surface area contributed by atoms with E-state index < -0.39 is 0 Å². The van der Waals surface area contributed by atoms with Gasteiger partial charge in [-0.2, -0.15) is 5.26 Å². The first-order valence-corrected chi connectivity index (χ1v) is 8.12. The zero-order chi connectivity index (χ0) is 16.7. The normalized spacial score (nSPS) is 27.2. The fourth-order valence-corrected chi connectivity index (χ4v) is 3.85. The molecule has 4 aliphatic rings. The number of pyridine rings is 1. The smallest absolute Gasteiger partial charge is 0.318 e. The summed E-state index contributed by atoms with van der Waals surface area (Å²) in [5, 5.41) is 13.8. The van der Waals surface area contributed by atoms with E-state index in [-0.39, 0.29) is 6.03 Å². The van der Waals surface area contributed by atoms with Gasteiger partial charge in [0.25, 0.3) is 0 Å². The lowest BCUT2D eigenvalue weighted by Crippen LogP contribution is -2.63. The zero-order valence-electron chi connectivity index (χ0n) is 13.4. The largest absolute Gasteiger partial charge is 0.323 e. The number of rotatable bonds is 2. The third kappa shape index (κ3) is 2.43. The molecule has 0 aromatic carbocycles. The van der Waals surface area contributed by atoms with E-state index in [4.69, 9.17) is 0 Å². The van der Waals surface area contributed by atoms with E-state index >= 15 is 0 Å². The highest BCUT2D eigenvalue weighted by molar-refractivity contribution is 5.90. The second kappa shape index (κ2) is 5.69. The highest BCUT2D eigenvalue weighted by Gasteiger charge is 2.46. The minimum atomic E-state index is -0.102. The van der Waals surface area contributed by atoms with Crippen molar-refractivity contribution in [2.45, 2.75) is 38.3 Å². The molecule has 0 radical (unpaired) electrons. The quantitative estimate of drug-likeness (QED) is 0.765. The number of hydrogen-bond acceptors (Lipinski definition) is 6. The molecular weight excluding hydrogens is 306 g/mol. The summed E-state index contributed by atoms with van der Waals surface area (Å²) in [4.78, 5) is 18.7. The molecule has 4 heterocycles. The maximum Gasteiger partial charge on any atom is 0.323 e. The molecule has 1 aliphatic carbocycles. The summed E-state index contributed by atoms with van der Waals surface area (Å²) >= 11 is 0. The van der Waals surface area contributed by atoms with Gasteiger partial charge in [-0.3, -0.25) is 10.3 Å². The van der Waals surface area contributed by atoms with Crippen LogP contribution in [-0.4, -0.2) is 28.0 Å². The number of hydrogen-bond donors (Lipinski definition) is 3. The summed E-state index contributed by atoms with van der Waals surface area (Å²) in [6.45, 7) is 2.24. The Labute approximate surface area is 140 Å². The number of nitrogens with one attached hydrogen (secondary N) is 3.